The summed E-state index contributed by atoms with van der Waals surface area (Å²) in [5.74, 6) is 0.447. The molecule has 0 bridgehead atoms. The van der Waals surface area contributed by atoms with E-state index in [1.807, 2.05) is 26.1 Å². The van der Waals surface area contributed by atoms with Crippen LogP contribution in [0.15, 0.2) is 41.3 Å². The summed E-state index contributed by atoms with van der Waals surface area (Å²) in [6, 6.07) is 11.4. The Bertz CT molecular complexity index is 847. The fourth-order valence-corrected chi connectivity index (χ4v) is 4.00. The lowest BCUT2D eigenvalue weighted by molar-refractivity contribution is 0.326. The van der Waals surface area contributed by atoms with Gasteiger partial charge < -0.3 is 5.32 Å². The van der Waals surface area contributed by atoms with E-state index in [1.54, 1.807) is 12.1 Å². The molecule has 1 fully saturated rings. The Kier molecular flexibility index (Phi) is 5.11. The monoisotopic (exact) mass is 359 g/mol. The lowest BCUT2D eigenvalue weighted by Gasteiger charge is -2.17. The maximum absolute atomic E-state index is 11.5. The first-order valence-corrected chi connectivity index (χ1v) is 10.4. The number of nitrogens with one attached hydrogen (secondary N) is 1. The Morgan fingerprint density at radius 3 is 2.60 bits per heavy atom. The maximum atomic E-state index is 11.5. The molecule has 1 atom stereocenters. The number of sulfone groups is 1. The Balaban J connectivity index is 1.66. The van der Waals surface area contributed by atoms with Crippen molar-refractivity contribution in [1.29, 1.82) is 0 Å². The molecule has 3 rings (SSSR count). The molecule has 5 nitrogen and oxygen atoms in total. The molecule has 1 N–H and O–H groups in total. The van der Waals surface area contributed by atoms with Gasteiger partial charge in [-0.2, -0.15) is 0 Å². The molecule has 0 unspecified atom stereocenters. The zero-order valence-corrected chi connectivity index (χ0v) is 15.8. The molecule has 0 spiro atoms. The SMILES string of the molecule is CNc1cc(C)nc([C@H]2CCN(Cc3ccc(S(C)(=O)=O)cc3)C2)c1. The summed E-state index contributed by atoms with van der Waals surface area (Å²) in [7, 11) is -1.20. The van der Waals surface area contributed by atoms with Crippen LogP contribution in [0.1, 0.15) is 29.3 Å². The van der Waals surface area contributed by atoms with Crippen LogP contribution in [0.5, 0.6) is 0 Å². The molecule has 1 aromatic carbocycles. The third-order valence-electron chi connectivity index (χ3n) is 4.71. The smallest absolute Gasteiger partial charge is 0.175 e. The van der Waals surface area contributed by atoms with Gasteiger partial charge in [0, 0.05) is 49.4 Å². The normalized spacial score (nSPS) is 18.4. The summed E-state index contributed by atoms with van der Waals surface area (Å²) in [4.78, 5) is 7.49. The maximum Gasteiger partial charge on any atom is 0.175 e. The van der Waals surface area contributed by atoms with Crippen LogP contribution in [0, 0.1) is 6.92 Å². The number of hydrogen-bond donors (Lipinski definition) is 1. The Hall–Kier alpha value is -1.92. The summed E-state index contributed by atoms with van der Waals surface area (Å²) in [5.41, 5.74) is 4.44. The third-order valence-corrected chi connectivity index (χ3v) is 5.84. The summed E-state index contributed by atoms with van der Waals surface area (Å²) in [6.07, 6.45) is 2.34. The van der Waals surface area contributed by atoms with Crippen molar-refractivity contribution in [3.8, 4) is 0 Å². The molecule has 1 aliphatic rings. The van der Waals surface area contributed by atoms with Gasteiger partial charge in [0.15, 0.2) is 9.84 Å². The van der Waals surface area contributed by atoms with Crippen LogP contribution in [0.25, 0.3) is 0 Å². The lowest BCUT2D eigenvalue weighted by Crippen LogP contribution is -2.20. The number of aryl methyl sites for hydroxylation is 1. The number of anilines is 1. The van der Waals surface area contributed by atoms with Crippen LogP contribution >= 0.6 is 0 Å². The van der Waals surface area contributed by atoms with Gasteiger partial charge in [0.25, 0.3) is 0 Å². The van der Waals surface area contributed by atoms with E-state index in [9.17, 15) is 8.42 Å². The Morgan fingerprint density at radius 1 is 1.24 bits per heavy atom. The van der Waals surface area contributed by atoms with Crippen molar-refractivity contribution in [3.05, 3.63) is 53.3 Å². The van der Waals surface area contributed by atoms with Crippen LogP contribution < -0.4 is 5.32 Å². The molecule has 6 heteroatoms. The van der Waals surface area contributed by atoms with E-state index < -0.39 is 9.84 Å². The van der Waals surface area contributed by atoms with Gasteiger partial charge in [-0.15, -0.1) is 0 Å². The summed E-state index contributed by atoms with van der Waals surface area (Å²) in [5, 5.41) is 3.20. The van der Waals surface area contributed by atoms with E-state index in [-0.39, 0.29) is 0 Å². The van der Waals surface area contributed by atoms with Gasteiger partial charge >= 0.3 is 0 Å². The van der Waals surface area contributed by atoms with Crippen molar-refractivity contribution in [2.45, 2.75) is 30.7 Å². The molecular weight excluding hydrogens is 334 g/mol. The highest BCUT2D eigenvalue weighted by molar-refractivity contribution is 7.90. The summed E-state index contributed by atoms with van der Waals surface area (Å²) in [6.45, 7) is 4.88. The van der Waals surface area contributed by atoms with Gasteiger partial charge in [-0.05, 0) is 49.7 Å². The van der Waals surface area contributed by atoms with Gasteiger partial charge in [-0.1, -0.05) is 12.1 Å². The predicted octanol–water partition coefficient (Wildman–Crippen LogP) is 2.82. The zero-order chi connectivity index (χ0) is 18.0. The number of nitrogens with zero attached hydrogens (tertiary/aromatic N) is 2. The van der Waals surface area contributed by atoms with Gasteiger partial charge in [-0.25, -0.2) is 8.42 Å². The predicted molar refractivity (Wildman–Crippen MR) is 101 cm³/mol. The quantitative estimate of drug-likeness (QED) is 0.889. The highest BCUT2D eigenvalue weighted by Crippen LogP contribution is 2.29. The van der Waals surface area contributed by atoms with Crippen molar-refractivity contribution in [1.82, 2.24) is 9.88 Å². The highest BCUT2D eigenvalue weighted by atomic mass is 32.2. The number of aromatic nitrogens is 1. The number of likely N-dealkylation sites (tertiary alicyclic amines) is 1. The van der Waals surface area contributed by atoms with Crippen LogP contribution in [0.2, 0.25) is 0 Å². The lowest BCUT2D eigenvalue weighted by atomic mass is 10.0. The van der Waals surface area contributed by atoms with Gasteiger partial charge in [-0.3, -0.25) is 9.88 Å². The molecule has 134 valence electrons. The van der Waals surface area contributed by atoms with Gasteiger partial charge in [0.05, 0.1) is 4.90 Å². The van der Waals surface area contributed by atoms with Crippen molar-refractivity contribution in [2.75, 3.05) is 31.7 Å². The average Bonchev–Trinajstić information content (AvgIpc) is 3.02. The first kappa shape index (κ1) is 17.9. The van der Waals surface area contributed by atoms with Gasteiger partial charge in [0.1, 0.15) is 0 Å². The minimum Gasteiger partial charge on any atom is -0.388 e. The molecule has 25 heavy (non-hydrogen) atoms. The largest absolute Gasteiger partial charge is 0.388 e. The topological polar surface area (TPSA) is 62.3 Å². The van der Waals surface area contributed by atoms with Crippen molar-refractivity contribution in [3.63, 3.8) is 0 Å². The second-order valence-electron chi connectivity index (χ2n) is 6.81. The molecule has 1 aliphatic heterocycles. The summed E-state index contributed by atoms with van der Waals surface area (Å²) >= 11 is 0. The highest BCUT2D eigenvalue weighted by Gasteiger charge is 2.25. The molecule has 0 saturated carbocycles. The molecule has 1 aromatic heterocycles. The molecule has 2 aromatic rings. The van der Waals surface area contributed by atoms with E-state index in [4.69, 9.17) is 4.98 Å². The molecule has 0 radical (unpaired) electrons. The number of rotatable bonds is 5. The first-order valence-electron chi connectivity index (χ1n) is 8.53. The number of benzene rings is 1. The molecule has 1 saturated heterocycles. The number of pyridine rings is 1. The summed E-state index contributed by atoms with van der Waals surface area (Å²) < 4.78 is 23.1. The van der Waals surface area contributed by atoms with E-state index in [1.165, 1.54) is 6.26 Å². The van der Waals surface area contributed by atoms with E-state index in [0.717, 1.165) is 48.7 Å². The van der Waals surface area contributed by atoms with Crippen LogP contribution in [-0.2, 0) is 16.4 Å². The van der Waals surface area contributed by atoms with Crippen LogP contribution in [0.3, 0.4) is 0 Å². The van der Waals surface area contributed by atoms with Crippen molar-refractivity contribution < 1.29 is 8.42 Å². The van der Waals surface area contributed by atoms with Crippen LogP contribution in [-0.4, -0.2) is 44.7 Å². The first-order chi connectivity index (χ1) is 11.8. The van der Waals surface area contributed by atoms with E-state index in [0.29, 0.717) is 10.8 Å². The number of hydrogen-bond acceptors (Lipinski definition) is 5. The molecule has 0 amide bonds. The standard InChI is InChI=1S/C19H25N3O2S/c1-14-10-17(20-2)11-19(21-14)16-8-9-22(13-16)12-15-4-6-18(7-5-15)25(3,23)24/h4-7,10-11,16H,8-9,12-13H2,1-3H3,(H,20,21)/t16-/m0/s1. The van der Waals surface area contributed by atoms with Crippen molar-refractivity contribution >= 4 is 15.5 Å². The Morgan fingerprint density at radius 2 is 1.96 bits per heavy atom. The minimum absolute atomic E-state index is 0.374. The Labute approximate surface area is 150 Å². The third kappa shape index (κ3) is 4.38. The van der Waals surface area contributed by atoms with Gasteiger partial charge in [0.2, 0.25) is 0 Å². The fourth-order valence-electron chi connectivity index (χ4n) is 3.37. The fraction of sp³-hybridized carbons (Fsp3) is 0.421. The van der Waals surface area contributed by atoms with E-state index in [2.05, 4.69) is 22.3 Å². The zero-order valence-electron chi connectivity index (χ0n) is 15.0. The molecule has 2 heterocycles. The second kappa shape index (κ2) is 7.14. The van der Waals surface area contributed by atoms with Crippen molar-refractivity contribution in [2.24, 2.45) is 0 Å². The molecular formula is C19H25N3O2S. The average molecular weight is 359 g/mol. The minimum atomic E-state index is -3.13. The van der Waals surface area contributed by atoms with Crippen LogP contribution in [0.4, 0.5) is 5.69 Å². The van der Waals surface area contributed by atoms with E-state index >= 15 is 0 Å². The second-order valence-corrected chi connectivity index (χ2v) is 8.82. The molecule has 0 aliphatic carbocycles.